The van der Waals surface area contributed by atoms with E-state index in [1.54, 1.807) is 4.44 Å². The van der Waals surface area contributed by atoms with Crippen LogP contribution in [0, 0.1) is 0 Å². The van der Waals surface area contributed by atoms with Crippen LogP contribution in [0.3, 0.4) is 0 Å². The summed E-state index contributed by atoms with van der Waals surface area (Å²) >= 11 is 0.775. The number of thioether (sulfide) groups is 1. The molecule has 0 unspecified atom stereocenters. The Morgan fingerprint density at radius 2 is 1.67 bits per heavy atom. The fourth-order valence-corrected chi connectivity index (χ4v) is 8.78. The van der Waals surface area contributed by atoms with Crippen molar-refractivity contribution in [1.29, 1.82) is 0 Å². The van der Waals surface area contributed by atoms with Crippen molar-refractivity contribution >= 4 is 30.1 Å². The first kappa shape index (κ1) is 13.1. The van der Waals surface area contributed by atoms with Crippen LogP contribution in [-0.4, -0.2) is 29.9 Å². The maximum atomic E-state index is 2.53. The van der Waals surface area contributed by atoms with E-state index in [4.69, 9.17) is 0 Å². The fourth-order valence-electron chi connectivity index (χ4n) is 0.935. The molecule has 0 aromatic heterocycles. The van der Waals surface area contributed by atoms with E-state index in [1.807, 2.05) is 0 Å². The van der Waals surface area contributed by atoms with Gasteiger partial charge >= 0.3 is 87.1 Å². The topological polar surface area (TPSA) is 0 Å². The van der Waals surface area contributed by atoms with Gasteiger partial charge in [0.05, 0.1) is 0 Å². The van der Waals surface area contributed by atoms with Crippen LogP contribution in [0.4, 0.5) is 0 Å². The van der Waals surface area contributed by atoms with E-state index in [-0.39, 0.29) is 0 Å². The predicted molar refractivity (Wildman–Crippen MR) is 65.0 cm³/mol. The van der Waals surface area contributed by atoms with Gasteiger partial charge in [-0.15, -0.1) is 0 Å². The van der Waals surface area contributed by atoms with E-state index in [0.717, 1.165) is 0 Å². The third kappa shape index (κ3) is 11.1. The second kappa shape index (κ2) is 7.54. The quantitative estimate of drug-likeness (QED) is 0.500. The van der Waals surface area contributed by atoms with Crippen LogP contribution in [0.25, 0.3) is 0 Å². The molecule has 0 N–H and O–H groups in total. The molecule has 0 aliphatic heterocycles. The molecule has 0 spiro atoms. The number of hydrogen-bond donors (Lipinski definition) is 0. The minimum absolute atomic E-state index is 1.36. The third-order valence-electron chi connectivity index (χ3n) is 1.89. The molecule has 0 nitrogen and oxygen atoms in total. The molecule has 0 fully saturated rings. The average Bonchev–Trinajstić information content (AvgIpc) is 1.94. The molecular formula is C10H24SSn. The molecule has 0 aromatic rings. The molecule has 0 aromatic carbocycles. The van der Waals surface area contributed by atoms with Crippen molar-refractivity contribution in [2.75, 3.05) is 11.5 Å². The van der Waals surface area contributed by atoms with E-state index in [2.05, 4.69) is 33.5 Å². The first-order valence-corrected chi connectivity index (χ1v) is 16.9. The van der Waals surface area contributed by atoms with Crippen LogP contribution in [0.2, 0.25) is 19.3 Å². The summed E-state index contributed by atoms with van der Waals surface area (Å²) < 4.78 is 1.56. The van der Waals surface area contributed by atoms with Crippen molar-refractivity contribution in [3.63, 3.8) is 0 Å². The summed E-state index contributed by atoms with van der Waals surface area (Å²) in [5, 5.41) is 0. The number of hydrogen-bond acceptors (Lipinski definition) is 1. The van der Waals surface area contributed by atoms with Crippen LogP contribution >= 0.6 is 11.8 Å². The molecular weight excluding hydrogens is 271 g/mol. The molecule has 0 aliphatic carbocycles. The molecule has 2 heteroatoms. The second-order valence-electron chi connectivity index (χ2n) is 4.63. The number of unbranched alkanes of at least 4 members (excludes halogenated alkanes) is 2. The summed E-state index contributed by atoms with van der Waals surface area (Å²) in [6, 6.07) is 0. The zero-order valence-corrected chi connectivity index (χ0v) is 12.8. The van der Waals surface area contributed by atoms with Crippen molar-refractivity contribution in [3.05, 3.63) is 0 Å². The van der Waals surface area contributed by atoms with Gasteiger partial charge in [0.1, 0.15) is 0 Å². The Morgan fingerprint density at radius 3 is 2.17 bits per heavy atom. The van der Waals surface area contributed by atoms with Crippen molar-refractivity contribution in [2.24, 2.45) is 0 Å². The predicted octanol–water partition coefficient (Wildman–Crippen LogP) is 4.25. The van der Waals surface area contributed by atoms with Crippen molar-refractivity contribution in [2.45, 2.75) is 45.4 Å². The van der Waals surface area contributed by atoms with Crippen molar-refractivity contribution in [1.82, 2.24) is 0 Å². The van der Waals surface area contributed by atoms with Crippen LogP contribution in [-0.2, 0) is 0 Å². The van der Waals surface area contributed by atoms with E-state index in [0.29, 0.717) is 0 Å². The minimum atomic E-state index is -1.40. The third-order valence-corrected chi connectivity index (χ3v) is 8.99. The molecule has 0 heterocycles. The van der Waals surface area contributed by atoms with Gasteiger partial charge in [-0.1, -0.05) is 0 Å². The monoisotopic (exact) mass is 296 g/mol. The van der Waals surface area contributed by atoms with Gasteiger partial charge < -0.3 is 0 Å². The molecule has 0 aliphatic rings. The zero-order valence-electron chi connectivity index (χ0n) is 9.15. The number of rotatable bonds is 7. The molecule has 0 amide bonds. The van der Waals surface area contributed by atoms with Crippen molar-refractivity contribution in [3.8, 4) is 0 Å². The SMILES string of the molecule is CCCCCSC[CH2][Sn]([CH3])([CH3])[CH3]. The molecule has 0 radical (unpaired) electrons. The van der Waals surface area contributed by atoms with Crippen LogP contribution in [0.1, 0.15) is 26.2 Å². The molecule has 0 bridgehead atoms. The van der Waals surface area contributed by atoms with Gasteiger partial charge in [0.25, 0.3) is 0 Å². The Labute approximate surface area is 86.8 Å². The van der Waals surface area contributed by atoms with E-state index >= 15 is 0 Å². The fraction of sp³-hybridized carbons (Fsp3) is 1.00. The molecule has 0 rings (SSSR count). The zero-order chi connectivity index (χ0) is 9.45. The van der Waals surface area contributed by atoms with Gasteiger partial charge in [-0.25, -0.2) is 0 Å². The Balaban J connectivity index is 3.01. The summed E-state index contributed by atoms with van der Waals surface area (Å²) in [5.74, 6) is 2.83. The summed E-state index contributed by atoms with van der Waals surface area (Å²) in [6.07, 6.45) is 4.21. The van der Waals surface area contributed by atoms with E-state index in [9.17, 15) is 0 Å². The van der Waals surface area contributed by atoms with Gasteiger partial charge in [-0.2, -0.15) is 0 Å². The Kier molecular flexibility index (Phi) is 8.27. The van der Waals surface area contributed by atoms with Crippen molar-refractivity contribution < 1.29 is 0 Å². The second-order valence-corrected chi connectivity index (χ2v) is 21.9. The summed E-state index contributed by atoms with van der Waals surface area (Å²) in [5.41, 5.74) is 0. The normalized spacial score (nSPS) is 12.0. The average molecular weight is 295 g/mol. The Hall–Kier alpha value is 1.15. The molecule has 0 saturated heterocycles. The molecule has 0 atom stereocenters. The van der Waals surface area contributed by atoms with Crippen LogP contribution in [0.5, 0.6) is 0 Å². The summed E-state index contributed by atoms with van der Waals surface area (Å²) in [6.45, 7) is 2.27. The molecule has 0 saturated carbocycles. The van der Waals surface area contributed by atoms with Crippen LogP contribution < -0.4 is 0 Å². The van der Waals surface area contributed by atoms with E-state index < -0.39 is 18.4 Å². The molecule has 12 heavy (non-hydrogen) atoms. The first-order chi connectivity index (χ1) is 5.56. The summed E-state index contributed by atoms with van der Waals surface area (Å²) in [7, 11) is 0. The van der Waals surface area contributed by atoms with Crippen LogP contribution in [0.15, 0.2) is 0 Å². The van der Waals surface area contributed by atoms with Gasteiger partial charge in [0.15, 0.2) is 0 Å². The van der Waals surface area contributed by atoms with Gasteiger partial charge in [-0.3, -0.25) is 0 Å². The Morgan fingerprint density at radius 1 is 1.00 bits per heavy atom. The maximum absolute atomic E-state index is 2.53. The standard InChI is InChI=1S/C7H15S.3CH3.Sn/c1-3-5-6-7-8-4-2;;;;/h2-7H2,1H3;3*1H3;. The molecule has 74 valence electrons. The van der Waals surface area contributed by atoms with Gasteiger partial charge in [0, 0.05) is 0 Å². The van der Waals surface area contributed by atoms with Gasteiger partial charge in [0.2, 0.25) is 0 Å². The first-order valence-electron chi connectivity index (χ1n) is 5.14. The van der Waals surface area contributed by atoms with Gasteiger partial charge in [-0.05, 0) is 0 Å². The Bertz CT molecular complexity index is 96.5. The summed E-state index contributed by atoms with van der Waals surface area (Å²) in [4.78, 5) is 7.59. The van der Waals surface area contributed by atoms with E-state index in [1.165, 1.54) is 30.8 Å².